The summed E-state index contributed by atoms with van der Waals surface area (Å²) >= 11 is 1.29. The number of esters is 3. The molecule has 0 radical (unpaired) electrons. The van der Waals surface area contributed by atoms with E-state index in [-0.39, 0.29) is 69.4 Å². The molecular weight excluding hydrogens is 572 g/mol. The molecule has 13 nitrogen and oxygen atoms in total. The zero-order chi connectivity index (χ0) is 31.2. The minimum absolute atomic E-state index is 0.0000164. The number of hydrogen-bond acceptors (Lipinski definition) is 12. The normalized spacial score (nSPS) is 10.8. The van der Waals surface area contributed by atoms with E-state index in [1.807, 2.05) is 18.2 Å². The van der Waals surface area contributed by atoms with Gasteiger partial charge >= 0.3 is 30.1 Å². The third-order valence-electron chi connectivity index (χ3n) is 4.69. The third-order valence-corrected chi connectivity index (χ3v) is 5.79. The smallest absolute Gasteiger partial charge is 0.407 e. The van der Waals surface area contributed by atoms with Crippen LogP contribution in [0.15, 0.2) is 54.6 Å². The first-order chi connectivity index (χ1) is 20.1. The molecule has 0 aliphatic heterocycles. The molecule has 0 saturated heterocycles. The maximum Gasteiger partial charge on any atom is 0.407 e. The Bertz CT molecular complexity index is 1050. The van der Waals surface area contributed by atoms with Crippen LogP contribution in [0.5, 0.6) is 5.75 Å². The summed E-state index contributed by atoms with van der Waals surface area (Å²) in [5.74, 6) is -0.352. The van der Waals surface area contributed by atoms with Crippen molar-refractivity contribution in [3.63, 3.8) is 0 Å². The molecule has 0 aliphatic carbocycles. The largest absolute Gasteiger partial charge is 0.490 e. The zero-order valence-corrected chi connectivity index (χ0v) is 24.7. The number of benzene rings is 1. The van der Waals surface area contributed by atoms with Gasteiger partial charge in [0.25, 0.3) is 0 Å². The summed E-state index contributed by atoms with van der Waals surface area (Å²) in [5.41, 5.74) is 0.455. The molecule has 0 fully saturated rings. The van der Waals surface area contributed by atoms with E-state index in [1.165, 1.54) is 25.6 Å². The van der Waals surface area contributed by atoms with Gasteiger partial charge < -0.3 is 39.1 Å². The zero-order valence-electron chi connectivity index (χ0n) is 23.8. The Kier molecular flexibility index (Phi) is 18.4. The topological polar surface area (TPSA) is 165 Å². The molecule has 0 aromatic heterocycles. The molecule has 1 aromatic carbocycles. The molecule has 0 spiro atoms. The van der Waals surface area contributed by atoms with E-state index in [2.05, 4.69) is 23.8 Å². The number of carbonyl (C=O) groups excluding carboxylic acids is 5. The molecule has 0 aliphatic rings. The quantitative estimate of drug-likeness (QED) is 0.0961. The number of amides is 2. The Labute approximate surface area is 249 Å². The molecule has 1 aromatic rings. The van der Waals surface area contributed by atoms with Gasteiger partial charge in [-0.2, -0.15) is 11.8 Å². The Morgan fingerprint density at radius 2 is 1.38 bits per heavy atom. The summed E-state index contributed by atoms with van der Waals surface area (Å²) in [6.07, 6.45) is -2.39. The number of para-hydroxylation sites is 1. The van der Waals surface area contributed by atoms with Crippen molar-refractivity contribution in [3.8, 4) is 5.75 Å². The van der Waals surface area contributed by atoms with Crippen LogP contribution in [-0.2, 0) is 38.1 Å². The standard InChI is InChI=1S/C28H38N2O11S/c1-20(2)25(32)38-13-11-29-27(34)40-18-23(41-28(35)30-12-14-39-26(33)21(3)4)19-42-17-10-24(31)37-16-15-36-22-8-6-5-7-9-22/h5-9,23H,1,3,10-19H2,2,4H3,(H,29,34)(H,30,35). The Morgan fingerprint density at radius 1 is 0.786 bits per heavy atom. The second-order valence-electron chi connectivity index (χ2n) is 8.52. The second kappa shape index (κ2) is 21.5. The van der Waals surface area contributed by atoms with Gasteiger partial charge in [-0.1, -0.05) is 31.4 Å². The van der Waals surface area contributed by atoms with Crippen molar-refractivity contribution in [2.24, 2.45) is 0 Å². The van der Waals surface area contributed by atoms with Crippen LogP contribution >= 0.6 is 11.8 Å². The fourth-order valence-electron chi connectivity index (χ4n) is 2.64. The maximum atomic E-state index is 12.2. The molecule has 2 N–H and O–H groups in total. The van der Waals surface area contributed by atoms with Gasteiger partial charge in [-0.05, 0) is 26.0 Å². The van der Waals surface area contributed by atoms with Crippen LogP contribution in [-0.4, -0.2) is 93.8 Å². The number of thioether (sulfide) groups is 1. The van der Waals surface area contributed by atoms with Crippen LogP contribution in [0.1, 0.15) is 20.3 Å². The highest BCUT2D eigenvalue weighted by Gasteiger charge is 2.18. The molecule has 1 unspecified atom stereocenters. The van der Waals surface area contributed by atoms with Gasteiger partial charge in [-0.15, -0.1) is 0 Å². The molecule has 14 heteroatoms. The summed E-state index contributed by atoms with van der Waals surface area (Å²) in [5, 5.41) is 4.84. The second-order valence-corrected chi connectivity index (χ2v) is 9.67. The monoisotopic (exact) mass is 610 g/mol. The third kappa shape index (κ3) is 18.2. The van der Waals surface area contributed by atoms with Gasteiger partial charge in [-0.25, -0.2) is 19.2 Å². The highest BCUT2D eigenvalue weighted by molar-refractivity contribution is 7.99. The minimum atomic E-state index is -0.866. The van der Waals surface area contributed by atoms with Crippen LogP contribution < -0.4 is 15.4 Å². The average molecular weight is 611 g/mol. The molecule has 1 atom stereocenters. The van der Waals surface area contributed by atoms with Crippen molar-refractivity contribution in [1.29, 1.82) is 0 Å². The molecule has 0 saturated carbocycles. The van der Waals surface area contributed by atoms with Crippen molar-refractivity contribution < 1.29 is 52.4 Å². The molecule has 42 heavy (non-hydrogen) atoms. The Hall–Kier alpha value is -4.20. The van der Waals surface area contributed by atoms with Crippen molar-refractivity contribution in [2.45, 2.75) is 26.4 Å². The lowest BCUT2D eigenvalue weighted by atomic mass is 10.3. The summed E-state index contributed by atoms with van der Waals surface area (Å²) in [4.78, 5) is 59.0. The Morgan fingerprint density at radius 3 is 1.98 bits per heavy atom. The predicted molar refractivity (Wildman–Crippen MR) is 154 cm³/mol. The highest BCUT2D eigenvalue weighted by atomic mass is 32.2. The molecule has 0 heterocycles. The molecular formula is C28H38N2O11S. The van der Waals surface area contributed by atoms with Crippen molar-refractivity contribution in [2.75, 3.05) is 57.6 Å². The first-order valence-corrected chi connectivity index (χ1v) is 14.2. The van der Waals surface area contributed by atoms with Gasteiger partial charge in [0.1, 0.15) is 44.9 Å². The van der Waals surface area contributed by atoms with E-state index >= 15 is 0 Å². The van der Waals surface area contributed by atoms with E-state index in [0.717, 1.165) is 0 Å². The fourth-order valence-corrected chi connectivity index (χ4v) is 3.55. The van der Waals surface area contributed by atoms with Crippen LogP contribution in [0, 0.1) is 0 Å². The summed E-state index contributed by atoms with van der Waals surface area (Å²) in [6.45, 7) is 9.76. The van der Waals surface area contributed by atoms with Crippen LogP contribution in [0.4, 0.5) is 9.59 Å². The molecule has 0 bridgehead atoms. The average Bonchev–Trinajstić information content (AvgIpc) is 2.96. The lowest BCUT2D eigenvalue weighted by Gasteiger charge is -2.18. The Balaban J connectivity index is 2.40. The number of hydrogen-bond donors (Lipinski definition) is 2. The van der Waals surface area contributed by atoms with E-state index in [9.17, 15) is 24.0 Å². The van der Waals surface area contributed by atoms with Crippen molar-refractivity contribution >= 4 is 41.9 Å². The lowest BCUT2D eigenvalue weighted by molar-refractivity contribution is -0.144. The number of rotatable bonds is 20. The summed E-state index contributed by atoms with van der Waals surface area (Å²) < 4.78 is 30.8. The van der Waals surface area contributed by atoms with Gasteiger partial charge in [0.15, 0.2) is 0 Å². The first kappa shape index (κ1) is 35.8. The van der Waals surface area contributed by atoms with Crippen LogP contribution in [0.2, 0.25) is 0 Å². The van der Waals surface area contributed by atoms with Crippen LogP contribution in [0.3, 0.4) is 0 Å². The van der Waals surface area contributed by atoms with Gasteiger partial charge in [0, 0.05) is 22.7 Å². The summed E-state index contributed by atoms with van der Waals surface area (Å²) in [6, 6.07) is 9.13. The van der Waals surface area contributed by atoms with E-state index in [4.69, 9.17) is 28.4 Å². The lowest BCUT2D eigenvalue weighted by Crippen LogP contribution is -2.37. The van der Waals surface area contributed by atoms with Gasteiger partial charge in [0.05, 0.1) is 19.5 Å². The van der Waals surface area contributed by atoms with Gasteiger partial charge in [-0.3, -0.25) is 4.79 Å². The van der Waals surface area contributed by atoms with Crippen molar-refractivity contribution in [1.82, 2.24) is 10.6 Å². The minimum Gasteiger partial charge on any atom is -0.490 e. The first-order valence-electron chi connectivity index (χ1n) is 13.0. The molecule has 2 amide bonds. The number of ether oxygens (including phenoxy) is 6. The van der Waals surface area contributed by atoms with Gasteiger partial charge in [0.2, 0.25) is 0 Å². The number of nitrogens with one attached hydrogen (secondary N) is 2. The SMILES string of the molecule is C=C(C)C(=O)OCCNC(=O)OCC(CSCCC(=O)OCCOc1ccccc1)OC(=O)NCCOC(=O)C(=C)C. The molecule has 1 rings (SSSR count). The van der Waals surface area contributed by atoms with E-state index in [1.54, 1.807) is 12.1 Å². The molecule has 232 valence electrons. The van der Waals surface area contributed by atoms with E-state index < -0.39 is 36.2 Å². The predicted octanol–water partition coefficient (Wildman–Crippen LogP) is 2.79. The van der Waals surface area contributed by atoms with E-state index in [0.29, 0.717) is 11.5 Å². The summed E-state index contributed by atoms with van der Waals surface area (Å²) in [7, 11) is 0. The maximum absolute atomic E-state index is 12.2. The fraction of sp³-hybridized carbons (Fsp3) is 0.464. The van der Waals surface area contributed by atoms with Crippen molar-refractivity contribution in [3.05, 3.63) is 54.6 Å². The highest BCUT2D eigenvalue weighted by Crippen LogP contribution is 2.10. The number of alkyl carbamates (subject to hydrolysis) is 2. The van der Waals surface area contributed by atoms with Crippen LogP contribution in [0.25, 0.3) is 0 Å². The number of carbonyl (C=O) groups is 5.